The Hall–Kier alpha value is -1.14. The minimum Gasteiger partial charge on any atom is -0.490 e. The van der Waals surface area contributed by atoms with Crippen LogP contribution in [-0.4, -0.2) is 26.2 Å². The summed E-state index contributed by atoms with van der Waals surface area (Å²) in [6.07, 6.45) is 0. The number of hydrogen-bond acceptors (Lipinski definition) is 4. The highest BCUT2D eigenvalue weighted by Gasteiger charge is 2.16. The van der Waals surface area contributed by atoms with Crippen LogP contribution in [0, 0.1) is 0 Å². The molecule has 0 unspecified atom stereocenters. The molecule has 0 spiro atoms. The number of rotatable bonds is 8. The fraction of sp³-hybridized carbons (Fsp3) is 0.353. The van der Waals surface area contributed by atoms with Crippen LogP contribution in [0.25, 0.3) is 0 Å². The number of guanidine groups is 1. The maximum absolute atomic E-state index is 12.8. The summed E-state index contributed by atoms with van der Waals surface area (Å²) >= 11 is 5.05. The van der Waals surface area contributed by atoms with Gasteiger partial charge in [0.2, 0.25) is 0 Å². The van der Waals surface area contributed by atoms with Gasteiger partial charge in [-0.2, -0.15) is 8.78 Å². The second-order valence-electron chi connectivity index (χ2n) is 5.04. The number of ether oxygens (including phenoxy) is 2. The maximum atomic E-state index is 12.8. The fourth-order valence-corrected chi connectivity index (χ4v) is 3.63. The lowest BCUT2D eigenvalue weighted by molar-refractivity contribution is -0.0520. The van der Waals surface area contributed by atoms with Crippen molar-refractivity contribution < 1.29 is 18.3 Å². The lowest BCUT2D eigenvalue weighted by Crippen LogP contribution is -2.36. The highest BCUT2D eigenvalue weighted by molar-refractivity contribution is 14.0. The predicted octanol–water partition coefficient (Wildman–Crippen LogP) is 4.99. The van der Waals surface area contributed by atoms with Crippen LogP contribution in [0.2, 0.25) is 0 Å². The van der Waals surface area contributed by atoms with Gasteiger partial charge in [0, 0.05) is 24.0 Å². The Balaban J connectivity index is 0.00000364. The first-order valence-electron chi connectivity index (χ1n) is 7.91. The number of halogens is 4. The highest BCUT2D eigenvalue weighted by atomic mass is 127. The second kappa shape index (κ2) is 12.3. The number of nitrogens with one attached hydrogen (secondary N) is 2. The summed E-state index contributed by atoms with van der Waals surface area (Å²) < 4.78 is 36.6. The molecule has 0 aliphatic heterocycles. The summed E-state index contributed by atoms with van der Waals surface area (Å²) in [5.41, 5.74) is 0.554. The third kappa shape index (κ3) is 7.78. The molecule has 1 aromatic carbocycles. The zero-order chi connectivity index (χ0) is 18.9. The molecule has 0 atom stereocenters. The topological polar surface area (TPSA) is 54.9 Å². The van der Waals surface area contributed by atoms with Crippen molar-refractivity contribution in [3.8, 4) is 11.5 Å². The molecule has 0 saturated heterocycles. The van der Waals surface area contributed by atoms with Gasteiger partial charge in [-0.25, -0.2) is 0 Å². The van der Waals surface area contributed by atoms with E-state index >= 15 is 0 Å². The first kappa shape index (κ1) is 23.9. The lowest BCUT2D eigenvalue weighted by Gasteiger charge is -2.17. The third-order valence-electron chi connectivity index (χ3n) is 3.30. The van der Waals surface area contributed by atoms with Crippen molar-refractivity contribution in [2.75, 3.05) is 13.7 Å². The van der Waals surface area contributed by atoms with Crippen LogP contribution in [0.5, 0.6) is 11.5 Å². The SMILES string of the molecule is CCOc1cccc(CNC(=NC)NCc2ccc(Br)s2)c1OC(F)F.I. The molecule has 2 N–H and O–H groups in total. The molecule has 0 radical (unpaired) electrons. The average molecular weight is 576 g/mol. The molecule has 0 fully saturated rings. The van der Waals surface area contributed by atoms with Gasteiger partial charge in [-0.3, -0.25) is 4.99 Å². The normalized spacial score (nSPS) is 11.1. The van der Waals surface area contributed by atoms with Gasteiger partial charge in [-0.1, -0.05) is 12.1 Å². The van der Waals surface area contributed by atoms with Crippen LogP contribution in [0.4, 0.5) is 8.78 Å². The van der Waals surface area contributed by atoms with Gasteiger partial charge < -0.3 is 20.1 Å². The van der Waals surface area contributed by atoms with Crippen LogP contribution in [-0.2, 0) is 13.1 Å². The van der Waals surface area contributed by atoms with E-state index in [2.05, 4.69) is 36.3 Å². The number of alkyl halides is 2. The summed E-state index contributed by atoms with van der Waals surface area (Å²) in [6.45, 7) is 0.0820. The molecule has 2 rings (SSSR count). The molecular weight excluding hydrogens is 555 g/mol. The molecule has 150 valence electrons. The first-order valence-corrected chi connectivity index (χ1v) is 9.52. The van der Waals surface area contributed by atoms with Gasteiger partial charge in [0.05, 0.1) is 16.9 Å². The van der Waals surface area contributed by atoms with Crippen molar-refractivity contribution in [2.45, 2.75) is 26.6 Å². The van der Waals surface area contributed by atoms with Crippen LogP contribution in [0.1, 0.15) is 17.4 Å². The minimum atomic E-state index is -2.93. The van der Waals surface area contributed by atoms with E-state index in [4.69, 9.17) is 4.74 Å². The third-order valence-corrected chi connectivity index (χ3v) is 4.92. The van der Waals surface area contributed by atoms with E-state index in [1.165, 1.54) is 0 Å². The summed E-state index contributed by atoms with van der Waals surface area (Å²) in [7, 11) is 1.65. The molecule has 0 amide bonds. The monoisotopic (exact) mass is 575 g/mol. The predicted molar refractivity (Wildman–Crippen MR) is 119 cm³/mol. The lowest BCUT2D eigenvalue weighted by atomic mass is 10.2. The summed E-state index contributed by atoms with van der Waals surface area (Å²) in [6, 6.07) is 9.03. The Morgan fingerprint density at radius 2 is 1.96 bits per heavy atom. The number of nitrogens with zero attached hydrogens (tertiary/aromatic N) is 1. The molecule has 10 heteroatoms. The Bertz CT molecular complexity index is 747. The van der Waals surface area contributed by atoms with Crippen LogP contribution >= 0.6 is 51.2 Å². The van der Waals surface area contributed by atoms with Gasteiger partial charge in [-0.15, -0.1) is 35.3 Å². The van der Waals surface area contributed by atoms with Crippen molar-refractivity contribution in [1.29, 1.82) is 0 Å². The van der Waals surface area contributed by atoms with Crippen LogP contribution in [0.3, 0.4) is 0 Å². The standard InChI is InChI=1S/C17H20BrF2N3O2S.HI/c1-3-24-13-6-4-5-11(15(13)25-16(19)20)9-22-17(21-2)23-10-12-7-8-14(18)26-12;/h4-8,16H,3,9-10H2,1-2H3,(H2,21,22,23);1H. The van der Waals surface area contributed by atoms with Crippen molar-refractivity contribution in [2.24, 2.45) is 4.99 Å². The Morgan fingerprint density at radius 3 is 2.56 bits per heavy atom. The number of benzene rings is 1. The number of hydrogen-bond donors (Lipinski definition) is 2. The van der Waals surface area contributed by atoms with Gasteiger partial charge in [0.1, 0.15) is 0 Å². The van der Waals surface area contributed by atoms with Gasteiger partial charge in [-0.05, 0) is 41.1 Å². The minimum absolute atomic E-state index is 0. The van der Waals surface area contributed by atoms with Gasteiger partial charge >= 0.3 is 6.61 Å². The van der Waals surface area contributed by atoms with E-state index in [-0.39, 0.29) is 36.3 Å². The largest absolute Gasteiger partial charge is 0.490 e. The van der Waals surface area contributed by atoms with E-state index in [9.17, 15) is 8.78 Å². The Morgan fingerprint density at radius 1 is 1.22 bits per heavy atom. The molecule has 0 aliphatic carbocycles. The molecule has 0 bridgehead atoms. The summed E-state index contributed by atoms with van der Waals surface area (Å²) in [5, 5.41) is 6.27. The molecule has 5 nitrogen and oxygen atoms in total. The average Bonchev–Trinajstić information content (AvgIpc) is 3.02. The van der Waals surface area contributed by atoms with Crippen molar-refractivity contribution in [3.05, 3.63) is 44.6 Å². The highest BCUT2D eigenvalue weighted by Crippen LogP contribution is 2.32. The molecule has 27 heavy (non-hydrogen) atoms. The fourth-order valence-electron chi connectivity index (χ4n) is 2.21. The van der Waals surface area contributed by atoms with Crippen molar-refractivity contribution >= 4 is 57.2 Å². The Labute approximate surface area is 186 Å². The quantitative estimate of drug-likeness (QED) is 0.264. The molecule has 1 heterocycles. The van der Waals surface area contributed by atoms with Gasteiger partial charge in [0.15, 0.2) is 17.5 Å². The van der Waals surface area contributed by atoms with E-state index in [0.29, 0.717) is 30.4 Å². The molecule has 2 aromatic rings. The zero-order valence-electron chi connectivity index (χ0n) is 14.8. The Kier molecular flexibility index (Phi) is 10.9. The van der Waals surface area contributed by atoms with E-state index in [1.54, 1.807) is 43.5 Å². The van der Waals surface area contributed by atoms with Crippen LogP contribution < -0.4 is 20.1 Å². The van der Waals surface area contributed by atoms with Crippen molar-refractivity contribution in [1.82, 2.24) is 10.6 Å². The first-order chi connectivity index (χ1) is 12.5. The molecule has 1 aromatic heterocycles. The molecule has 0 saturated carbocycles. The maximum Gasteiger partial charge on any atom is 0.387 e. The van der Waals surface area contributed by atoms with Crippen molar-refractivity contribution in [3.63, 3.8) is 0 Å². The second-order valence-corrected chi connectivity index (χ2v) is 7.59. The zero-order valence-corrected chi connectivity index (χ0v) is 19.5. The van der Waals surface area contributed by atoms with Gasteiger partial charge in [0.25, 0.3) is 0 Å². The van der Waals surface area contributed by atoms with Crippen LogP contribution in [0.15, 0.2) is 39.1 Å². The number of para-hydroxylation sites is 1. The summed E-state index contributed by atoms with van der Waals surface area (Å²) in [5.74, 6) is 0.882. The van der Waals surface area contributed by atoms with E-state index in [0.717, 1.165) is 8.66 Å². The molecular formula is C17H21BrF2IN3O2S. The number of aliphatic imine (C=N–C) groups is 1. The summed E-state index contributed by atoms with van der Waals surface area (Å²) in [4.78, 5) is 5.28. The van der Waals surface area contributed by atoms with E-state index < -0.39 is 6.61 Å². The molecule has 0 aliphatic rings. The smallest absolute Gasteiger partial charge is 0.387 e. The number of thiophene rings is 1. The van der Waals surface area contributed by atoms with E-state index in [1.807, 2.05) is 12.1 Å².